The number of rotatable bonds is 7. The van der Waals surface area contributed by atoms with Crippen LogP contribution in [0.25, 0.3) is 0 Å². The summed E-state index contributed by atoms with van der Waals surface area (Å²) in [6.07, 6.45) is 0.335. The predicted octanol–water partition coefficient (Wildman–Crippen LogP) is 2.91. The number of benzene rings is 1. The van der Waals surface area contributed by atoms with Gasteiger partial charge < -0.3 is 15.4 Å². The molecule has 4 nitrogen and oxygen atoms in total. The SMILES string of the molecule is CCCNC(=O)C(C)Oc1ccc(C(C)NC)cc1Cl. The number of nitrogens with one attached hydrogen (secondary N) is 2. The van der Waals surface area contributed by atoms with Crippen molar-refractivity contribution < 1.29 is 9.53 Å². The summed E-state index contributed by atoms with van der Waals surface area (Å²) in [6, 6.07) is 5.81. The van der Waals surface area contributed by atoms with Gasteiger partial charge in [0.05, 0.1) is 5.02 Å². The summed E-state index contributed by atoms with van der Waals surface area (Å²) in [5, 5.41) is 6.45. The molecular formula is C15H23ClN2O2. The number of carbonyl (C=O) groups is 1. The van der Waals surface area contributed by atoms with E-state index in [1.807, 2.05) is 33.0 Å². The van der Waals surface area contributed by atoms with Gasteiger partial charge in [-0.15, -0.1) is 0 Å². The number of hydrogen-bond donors (Lipinski definition) is 2. The van der Waals surface area contributed by atoms with Crippen molar-refractivity contribution in [1.29, 1.82) is 0 Å². The zero-order valence-electron chi connectivity index (χ0n) is 12.5. The molecule has 0 spiro atoms. The van der Waals surface area contributed by atoms with E-state index in [0.717, 1.165) is 12.0 Å². The third kappa shape index (κ3) is 4.69. The van der Waals surface area contributed by atoms with Crippen LogP contribution in [0, 0.1) is 0 Å². The number of amides is 1. The Morgan fingerprint density at radius 3 is 2.65 bits per heavy atom. The Morgan fingerprint density at radius 2 is 2.10 bits per heavy atom. The summed E-state index contributed by atoms with van der Waals surface area (Å²) in [4.78, 5) is 11.7. The minimum Gasteiger partial charge on any atom is -0.479 e. The highest BCUT2D eigenvalue weighted by Crippen LogP contribution is 2.28. The van der Waals surface area contributed by atoms with Crippen molar-refractivity contribution in [3.63, 3.8) is 0 Å². The Bertz CT molecular complexity index is 451. The predicted molar refractivity (Wildman–Crippen MR) is 82.3 cm³/mol. The van der Waals surface area contributed by atoms with Gasteiger partial charge in [-0.2, -0.15) is 0 Å². The summed E-state index contributed by atoms with van der Waals surface area (Å²) >= 11 is 6.20. The highest BCUT2D eigenvalue weighted by atomic mass is 35.5. The lowest BCUT2D eigenvalue weighted by molar-refractivity contribution is -0.127. The molecule has 1 amide bonds. The van der Waals surface area contributed by atoms with Gasteiger partial charge in [0.1, 0.15) is 5.75 Å². The highest BCUT2D eigenvalue weighted by Gasteiger charge is 2.16. The molecule has 0 aromatic heterocycles. The second-order valence-corrected chi connectivity index (χ2v) is 5.16. The molecule has 0 aliphatic rings. The van der Waals surface area contributed by atoms with Gasteiger partial charge in [0.15, 0.2) is 6.10 Å². The summed E-state index contributed by atoms with van der Waals surface area (Å²) in [7, 11) is 1.89. The highest BCUT2D eigenvalue weighted by molar-refractivity contribution is 6.32. The molecule has 2 unspecified atom stereocenters. The zero-order valence-corrected chi connectivity index (χ0v) is 13.3. The Kier molecular flexibility index (Phi) is 6.82. The van der Waals surface area contributed by atoms with Crippen LogP contribution in [0.3, 0.4) is 0 Å². The van der Waals surface area contributed by atoms with E-state index in [0.29, 0.717) is 17.3 Å². The molecule has 0 saturated heterocycles. The molecule has 0 saturated carbocycles. The molecule has 0 aliphatic heterocycles. The third-order valence-electron chi connectivity index (χ3n) is 3.11. The molecule has 5 heteroatoms. The molecular weight excluding hydrogens is 276 g/mol. The van der Waals surface area contributed by atoms with Crippen LogP contribution in [0.2, 0.25) is 5.02 Å². The first-order chi connectivity index (χ1) is 9.49. The largest absolute Gasteiger partial charge is 0.479 e. The Hall–Kier alpha value is -1.26. The van der Waals surface area contributed by atoms with E-state index < -0.39 is 6.10 Å². The number of hydrogen-bond acceptors (Lipinski definition) is 3. The molecule has 112 valence electrons. The van der Waals surface area contributed by atoms with E-state index in [-0.39, 0.29) is 11.9 Å². The minimum absolute atomic E-state index is 0.129. The quantitative estimate of drug-likeness (QED) is 0.814. The van der Waals surface area contributed by atoms with Crippen LogP contribution >= 0.6 is 11.6 Å². The van der Waals surface area contributed by atoms with E-state index in [2.05, 4.69) is 10.6 Å². The molecule has 1 aromatic rings. The lowest BCUT2D eigenvalue weighted by atomic mass is 10.1. The summed E-state index contributed by atoms with van der Waals surface area (Å²) in [6.45, 7) is 6.42. The lowest BCUT2D eigenvalue weighted by Crippen LogP contribution is -2.36. The van der Waals surface area contributed by atoms with Gasteiger partial charge in [-0.3, -0.25) is 4.79 Å². The standard InChI is InChI=1S/C15H23ClN2O2/c1-5-8-18-15(19)11(3)20-14-7-6-12(9-13(14)16)10(2)17-4/h6-7,9-11,17H,5,8H2,1-4H3,(H,18,19). The van der Waals surface area contributed by atoms with Gasteiger partial charge in [0.25, 0.3) is 5.91 Å². The molecule has 20 heavy (non-hydrogen) atoms. The molecule has 0 bridgehead atoms. The fourth-order valence-corrected chi connectivity index (χ4v) is 1.92. The molecule has 2 atom stereocenters. The van der Waals surface area contributed by atoms with Crippen molar-refractivity contribution in [2.75, 3.05) is 13.6 Å². The Labute approximate surface area is 125 Å². The average Bonchev–Trinajstić information content (AvgIpc) is 2.45. The molecule has 0 heterocycles. The summed E-state index contributed by atoms with van der Waals surface area (Å²) < 4.78 is 5.61. The number of carbonyl (C=O) groups excluding carboxylic acids is 1. The van der Waals surface area contributed by atoms with E-state index in [9.17, 15) is 4.79 Å². The van der Waals surface area contributed by atoms with Crippen molar-refractivity contribution in [3.05, 3.63) is 28.8 Å². The molecule has 0 radical (unpaired) electrons. The van der Waals surface area contributed by atoms with Crippen molar-refractivity contribution in [2.45, 2.75) is 39.3 Å². The van der Waals surface area contributed by atoms with Crippen LogP contribution in [-0.2, 0) is 4.79 Å². The van der Waals surface area contributed by atoms with Gasteiger partial charge in [0, 0.05) is 12.6 Å². The van der Waals surface area contributed by atoms with E-state index in [4.69, 9.17) is 16.3 Å². The van der Waals surface area contributed by atoms with Gasteiger partial charge in [-0.25, -0.2) is 0 Å². The Balaban J connectivity index is 2.71. The zero-order chi connectivity index (χ0) is 15.1. The summed E-state index contributed by atoms with van der Waals surface area (Å²) in [5.41, 5.74) is 1.08. The van der Waals surface area contributed by atoms with Gasteiger partial charge in [-0.05, 0) is 45.0 Å². The fourth-order valence-electron chi connectivity index (χ4n) is 1.68. The normalized spacial score (nSPS) is 13.7. The summed E-state index contributed by atoms with van der Waals surface area (Å²) in [5.74, 6) is 0.397. The van der Waals surface area contributed by atoms with Crippen LogP contribution in [0.4, 0.5) is 0 Å². The smallest absolute Gasteiger partial charge is 0.260 e. The first-order valence-corrected chi connectivity index (χ1v) is 7.28. The van der Waals surface area contributed by atoms with Crippen LogP contribution in [0.5, 0.6) is 5.75 Å². The first kappa shape index (κ1) is 16.8. The third-order valence-corrected chi connectivity index (χ3v) is 3.41. The Morgan fingerprint density at radius 1 is 1.40 bits per heavy atom. The molecule has 0 fully saturated rings. The first-order valence-electron chi connectivity index (χ1n) is 6.90. The van der Waals surface area contributed by atoms with Crippen LogP contribution in [-0.4, -0.2) is 25.6 Å². The van der Waals surface area contributed by atoms with E-state index in [1.54, 1.807) is 13.0 Å². The van der Waals surface area contributed by atoms with Gasteiger partial charge in [-0.1, -0.05) is 24.6 Å². The maximum absolute atomic E-state index is 11.7. The van der Waals surface area contributed by atoms with Crippen molar-refractivity contribution >= 4 is 17.5 Å². The van der Waals surface area contributed by atoms with Crippen LogP contribution in [0.1, 0.15) is 38.8 Å². The molecule has 0 aliphatic carbocycles. The van der Waals surface area contributed by atoms with Gasteiger partial charge in [0.2, 0.25) is 0 Å². The second-order valence-electron chi connectivity index (χ2n) is 4.75. The van der Waals surface area contributed by atoms with Crippen LogP contribution in [0.15, 0.2) is 18.2 Å². The van der Waals surface area contributed by atoms with Crippen LogP contribution < -0.4 is 15.4 Å². The average molecular weight is 299 g/mol. The maximum Gasteiger partial charge on any atom is 0.260 e. The van der Waals surface area contributed by atoms with E-state index >= 15 is 0 Å². The van der Waals surface area contributed by atoms with Crippen molar-refractivity contribution in [2.24, 2.45) is 0 Å². The number of halogens is 1. The van der Waals surface area contributed by atoms with Crippen molar-refractivity contribution in [3.8, 4) is 5.75 Å². The van der Waals surface area contributed by atoms with E-state index in [1.165, 1.54) is 0 Å². The molecule has 1 aromatic carbocycles. The molecule has 2 N–H and O–H groups in total. The maximum atomic E-state index is 11.7. The second kappa shape index (κ2) is 8.12. The lowest BCUT2D eigenvalue weighted by Gasteiger charge is -2.17. The number of ether oxygens (including phenoxy) is 1. The topological polar surface area (TPSA) is 50.4 Å². The molecule has 1 rings (SSSR count). The monoisotopic (exact) mass is 298 g/mol. The minimum atomic E-state index is -0.563. The van der Waals surface area contributed by atoms with Gasteiger partial charge >= 0.3 is 0 Å². The van der Waals surface area contributed by atoms with Crippen molar-refractivity contribution in [1.82, 2.24) is 10.6 Å². The fraction of sp³-hybridized carbons (Fsp3) is 0.533.